The minimum absolute atomic E-state index is 0.309. The highest BCUT2D eigenvalue weighted by Gasteiger charge is 2.32. The summed E-state index contributed by atoms with van der Waals surface area (Å²) in [7, 11) is -4.06. The SMILES string of the molecule is CCCCc1ccc(NC(=O)Nc2ccc(C)c(NC(=O)NCCC[Si](C)(C)O[Si](C)(C)CCCNC(=O)Nc3cc(NC(=O)Nc4ccc(CCCC)cc4)ccc3C)c2)cc1. The number of unbranched alkanes of at least 4 members (excludes halogenated alkanes) is 2. The lowest BCUT2D eigenvalue weighted by molar-refractivity contribution is 0.251. The maximum absolute atomic E-state index is 12.9. The van der Waals surface area contributed by atoms with Gasteiger partial charge in [-0.3, -0.25) is 0 Å². The minimum Gasteiger partial charge on any atom is -0.455 e. The van der Waals surface area contributed by atoms with E-state index in [0.717, 1.165) is 74.6 Å². The van der Waals surface area contributed by atoms with E-state index in [4.69, 9.17) is 4.12 Å². The lowest BCUT2D eigenvalue weighted by Gasteiger charge is -2.34. The van der Waals surface area contributed by atoms with E-state index in [2.05, 4.69) is 82.6 Å². The molecule has 0 atom stereocenters. The molecular weight excluding hydrogens is 825 g/mol. The second kappa shape index (κ2) is 24.9. The maximum Gasteiger partial charge on any atom is 0.323 e. The molecule has 0 aromatic heterocycles. The van der Waals surface area contributed by atoms with Crippen molar-refractivity contribution in [2.45, 2.75) is 117 Å². The van der Waals surface area contributed by atoms with Crippen molar-refractivity contribution in [2.24, 2.45) is 0 Å². The first-order valence-corrected chi connectivity index (χ1v) is 28.6. The van der Waals surface area contributed by atoms with Gasteiger partial charge in [0.25, 0.3) is 0 Å². The molecule has 0 heterocycles. The third-order valence-corrected chi connectivity index (χ3v) is 18.1. The molecule has 0 saturated carbocycles. The maximum atomic E-state index is 12.9. The molecule has 8 amide bonds. The zero-order valence-corrected chi connectivity index (χ0v) is 40.6. The van der Waals surface area contributed by atoms with Gasteiger partial charge < -0.3 is 46.6 Å². The van der Waals surface area contributed by atoms with Crippen LogP contribution in [-0.4, -0.2) is 53.8 Å². The molecule has 0 saturated heterocycles. The minimum atomic E-state index is -2.03. The number of aryl methyl sites for hydroxylation is 4. The number of anilines is 6. The van der Waals surface area contributed by atoms with Gasteiger partial charge in [0, 0.05) is 47.2 Å². The average Bonchev–Trinajstić information content (AvgIpc) is 3.22. The lowest BCUT2D eigenvalue weighted by Crippen LogP contribution is -2.45. The topological polar surface area (TPSA) is 174 Å². The van der Waals surface area contributed by atoms with E-state index >= 15 is 0 Å². The molecule has 15 heteroatoms. The molecular formula is C48H70N8O5Si2. The van der Waals surface area contributed by atoms with Crippen LogP contribution in [0.2, 0.25) is 38.3 Å². The van der Waals surface area contributed by atoms with Crippen LogP contribution in [0.15, 0.2) is 84.9 Å². The summed E-state index contributed by atoms with van der Waals surface area (Å²) >= 11 is 0. The van der Waals surface area contributed by atoms with Crippen LogP contribution in [0.25, 0.3) is 0 Å². The predicted octanol–water partition coefficient (Wildman–Crippen LogP) is 12.4. The van der Waals surface area contributed by atoms with Crippen LogP contribution >= 0.6 is 0 Å². The molecule has 4 aromatic rings. The van der Waals surface area contributed by atoms with E-state index in [-0.39, 0.29) is 24.1 Å². The van der Waals surface area contributed by atoms with Gasteiger partial charge in [-0.15, -0.1) is 0 Å². The van der Waals surface area contributed by atoms with Crippen molar-refractivity contribution in [3.8, 4) is 0 Å². The van der Waals surface area contributed by atoms with E-state index in [1.54, 1.807) is 24.3 Å². The van der Waals surface area contributed by atoms with Crippen LogP contribution in [0.3, 0.4) is 0 Å². The predicted molar refractivity (Wildman–Crippen MR) is 267 cm³/mol. The fourth-order valence-corrected chi connectivity index (χ4v) is 16.0. The number of hydrogen-bond donors (Lipinski definition) is 8. The molecule has 0 bridgehead atoms. The number of amides is 8. The van der Waals surface area contributed by atoms with Crippen molar-refractivity contribution in [3.05, 3.63) is 107 Å². The van der Waals surface area contributed by atoms with Crippen molar-refractivity contribution in [1.82, 2.24) is 10.6 Å². The second-order valence-corrected chi connectivity index (χ2v) is 26.3. The summed E-state index contributed by atoms with van der Waals surface area (Å²) in [5.74, 6) is 0. The molecule has 63 heavy (non-hydrogen) atoms. The molecule has 0 fully saturated rings. The Bertz CT molecular complexity index is 1960. The normalized spacial score (nSPS) is 11.3. The van der Waals surface area contributed by atoms with Crippen molar-refractivity contribution in [1.29, 1.82) is 0 Å². The van der Waals surface area contributed by atoms with Crippen LogP contribution in [0, 0.1) is 13.8 Å². The van der Waals surface area contributed by atoms with Gasteiger partial charge in [-0.1, -0.05) is 63.1 Å². The lowest BCUT2D eigenvalue weighted by atomic mass is 10.1. The first-order chi connectivity index (χ1) is 30.0. The quantitative estimate of drug-likeness (QED) is 0.0289. The van der Waals surface area contributed by atoms with Crippen molar-refractivity contribution in [3.63, 3.8) is 0 Å². The molecule has 8 N–H and O–H groups in total. The van der Waals surface area contributed by atoms with Gasteiger partial charge in [-0.25, -0.2) is 19.2 Å². The first kappa shape index (κ1) is 50.0. The summed E-state index contributed by atoms with van der Waals surface area (Å²) in [5.41, 5.74) is 8.02. The zero-order chi connectivity index (χ0) is 45.8. The van der Waals surface area contributed by atoms with Crippen LogP contribution < -0.4 is 42.5 Å². The molecule has 4 aromatic carbocycles. The van der Waals surface area contributed by atoms with Gasteiger partial charge >= 0.3 is 24.1 Å². The third-order valence-electron chi connectivity index (χ3n) is 10.6. The van der Waals surface area contributed by atoms with E-state index in [9.17, 15) is 19.2 Å². The zero-order valence-electron chi connectivity index (χ0n) is 38.6. The van der Waals surface area contributed by atoms with E-state index in [1.165, 1.54) is 11.1 Å². The summed E-state index contributed by atoms with van der Waals surface area (Å²) in [4.78, 5) is 51.1. The Kier molecular flexibility index (Phi) is 19.7. The standard InChI is InChI=1S/C48H70N8O5Si2/c1-9-11-15-37-19-25-39(26-20-37)51-47(59)53-41-23-17-35(3)43(33-41)55-45(57)49-29-13-31-62(5,6)61-63(7,8)32-14-30-50-46(58)56-44-34-42(24-18-36(44)4)54-48(60)52-40-27-21-38(22-28-40)16-12-10-2/h17-28,33-34H,9-16,29-32H2,1-8H3,(H2,49,55,57)(H2,50,56,58)(H2,51,53,59)(H2,52,54,60). The Morgan fingerprint density at radius 1 is 0.460 bits per heavy atom. The number of carbonyl (C=O) groups is 4. The summed E-state index contributed by atoms with van der Waals surface area (Å²) in [6, 6.07) is 27.0. The smallest absolute Gasteiger partial charge is 0.323 e. The van der Waals surface area contributed by atoms with Crippen molar-refractivity contribution >= 4 is 74.9 Å². The molecule has 4 rings (SSSR count). The summed E-state index contributed by atoms with van der Waals surface area (Å²) in [5, 5.41) is 23.2. The first-order valence-electron chi connectivity index (χ1n) is 22.4. The highest BCUT2D eigenvalue weighted by molar-refractivity contribution is 6.84. The van der Waals surface area contributed by atoms with Gasteiger partial charge in [0.1, 0.15) is 0 Å². The van der Waals surface area contributed by atoms with Gasteiger partial charge in [0.05, 0.1) is 0 Å². The summed E-state index contributed by atoms with van der Waals surface area (Å²) in [6.07, 6.45) is 8.15. The van der Waals surface area contributed by atoms with Crippen LogP contribution in [0.1, 0.15) is 74.6 Å². The fraction of sp³-hybridized carbons (Fsp3) is 0.417. The molecule has 0 aliphatic heterocycles. The Morgan fingerprint density at radius 2 is 0.810 bits per heavy atom. The van der Waals surface area contributed by atoms with E-state index in [0.29, 0.717) is 47.2 Å². The van der Waals surface area contributed by atoms with E-state index < -0.39 is 16.6 Å². The summed E-state index contributed by atoms with van der Waals surface area (Å²) in [6.45, 7) is 18.0. The number of urea groups is 4. The van der Waals surface area contributed by atoms with Gasteiger partial charge in [0.15, 0.2) is 16.6 Å². The Labute approximate surface area is 377 Å². The number of benzene rings is 4. The molecule has 0 aliphatic carbocycles. The Hall–Kier alpha value is -5.65. The van der Waals surface area contributed by atoms with Crippen molar-refractivity contribution < 1.29 is 23.3 Å². The molecule has 0 unspecified atom stereocenters. The highest BCUT2D eigenvalue weighted by Crippen LogP contribution is 2.25. The fourth-order valence-electron chi connectivity index (χ4n) is 7.14. The van der Waals surface area contributed by atoms with Gasteiger partial charge in [-0.2, -0.15) is 0 Å². The second-order valence-electron chi connectivity index (χ2n) is 17.4. The number of rotatable bonds is 22. The van der Waals surface area contributed by atoms with Crippen LogP contribution in [-0.2, 0) is 17.0 Å². The monoisotopic (exact) mass is 895 g/mol. The molecule has 340 valence electrons. The highest BCUT2D eigenvalue weighted by atomic mass is 28.4. The average molecular weight is 895 g/mol. The molecule has 0 radical (unpaired) electrons. The molecule has 13 nitrogen and oxygen atoms in total. The molecule has 0 aliphatic rings. The Morgan fingerprint density at radius 3 is 1.17 bits per heavy atom. The van der Waals surface area contributed by atoms with Gasteiger partial charge in [0.2, 0.25) is 0 Å². The molecule has 0 spiro atoms. The Balaban J connectivity index is 1.12. The van der Waals surface area contributed by atoms with Crippen molar-refractivity contribution in [2.75, 3.05) is 45.0 Å². The van der Waals surface area contributed by atoms with Crippen LogP contribution in [0.4, 0.5) is 53.3 Å². The van der Waals surface area contributed by atoms with Crippen LogP contribution in [0.5, 0.6) is 0 Å². The largest absolute Gasteiger partial charge is 0.455 e. The third kappa shape index (κ3) is 18.7. The summed E-state index contributed by atoms with van der Waals surface area (Å²) < 4.78 is 6.81. The van der Waals surface area contributed by atoms with E-state index in [1.807, 2.05) is 74.5 Å². The number of carbonyl (C=O) groups excluding carboxylic acids is 4. The number of hydrogen-bond acceptors (Lipinski definition) is 5. The van der Waals surface area contributed by atoms with Gasteiger partial charge in [-0.05, 0) is 161 Å². The number of nitrogens with one attached hydrogen (secondary N) is 8.